The Balaban J connectivity index is 1.94. The van der Waals surface area contributed by atoms with Crippen molar-refractivity contribution >= 4 is 45.0 Å². The van der Waals surface area contributed by atoms with Gasteiger partial charge in [0.25, 0.3) is 0 Å². The van der Waals surface area contributed by atoms with Crippen molar-refractivity contribution in [1.82, 2.24) is 5.32 Å². The summed E-state index contributed by atoms with van der Waals surface area (Å²) in [5.41, 5.74) is 0.243. The molecule has 30 heavy (non-hydrogen) atoms. The van der Waals surface area contributed by atoms with E-state index in [4.69, 9.17) is 21.1 Å². The van der Waals surface area contributed by atoms with Gasteiger partial charge < -0.3 is 14.8 Å². The molecule has 2 rings (SSSR count). The average Bonchev–Trinajstić information content (AvgIpc) is 2.71. The number of amides is 1. The predicted octanol–water partition coefficient (Wildman–Crippen LogP) is 3.42. The van der Waals surface area contributed by atoms with E-state index >= 15 is 0 Å². The van der Waals surface area contributed by atoms with Crippen LogP contribution in [0.15, 0.2) is 47.4 Å². The Morgan fingerprint density at radius 1 is 1.13 bits per heavy atom. The fourth-order valence-corrected chi connectivity index (χ4v) is 4.41. The smallest absolute Gasteiger partial charge is 0.240 e. The molecule has 0 unspecified atom stereocenters. The number of anilines is 1. The first-order valence-electron chi connectivity index (χ1n) is 9.09. The summed E-state index contributed by atoms with van der Waals surface area (Å²) in [5, 5.41) is 3.45. The lowest BCUT2D eigenvalue weighted by Crippen LogP contribution is -2.40. The van der Waals surface area contributed by atoms with E-state index in [-0.39, 0.29) is 12.2 Å². The van der Waals surface area contributed by atoms with Crippen molar-refractivity contribution in [2.75, 3.05) is 43.6 Å². The van der Waals surface area contributed by atoms with Gasteiger partial charge in [-0.25, -0.2) is 8.42 Å². The second-order valence-corrected chi connectivity index (χ2v) is 9.82. The lowest BCUT2D eigenvalue weighted by atomic mass is 10.2. The number of carbonyl (C=O) groups excluding carboxylic acids is 1. The zero-order chi connectivity index (χ0) is 22.1. The number of nitrogens with one attached hydrogen (secondary N) is 1. The van der Waals surface area contributed by atoms with Crippen LogP contribution in [0.2, 0.25) is 5.02 Å². The number of benzene rings is 2. The van der Waals surface area contributed by atoms with Crippen LogP contribution in [0.1, 0.15) is 6.42 Å². The normalized spacial score (nSPS) is 11.1. The zero-order valence-electron chi connectivity index (χ0n) is 17.1. The highest BCUT2D eigenvalue weighted by Gasteiger charge is 2.24. The lowest BCUT2D eigenvalue weighted by molar-refractivity contribution is -0.119. The molecule has 0 saturated heterocycles. The number of methoxy groups -OCH3 is 2. The Morgan fingerprint density at radius 3 is 2.43 bits per heavy atom. The minimum absolute atomic E-state index is 0.243. The molecule has 7 nitrogen and oxygen atoms in total. The number of halogens is 1. The summed E-state index contributed by atoms with van der Waals surface area (Å²) in [5.74, 6) is 1.19. The third-order valence-corrected chi connectivity index (χ3v) is 6.54. The topological polar surface area (TPSA) is 84.9 Å². The Hall–Kier alpha value is -2.10. The average molecular weight is 473 g/mol. The van der Waals surface area contributed by atoms with Crippen LogP contribution in [0.5, 0.6) is 11.5 Å². The van der Waals surface area contributed by atoms with E-state index in [2.05, 4.69) is 5.32 Å². The number of sulfonamides is 1. The summed E-state index contributed by atoms with van der Waals surface area (Å²) in [6.07, 6.45) is 1.78. The molecule has 0 atom stereocenters. The van der Waals surface area contributed by atoms with Crippen molar-refractivity contribution in [3.8, 4) is 11.5 Å². The van der Waals surface area contributed by atoms with Crippen molar-refractivity contribution < 1.29 is 22.7 Å². The van der Waals surface area contributed by atoms with E-state index in [0.717, 1.165) is 27.6 Å². The molecule has 0 bridgehead atoms. The molecule has 0 aliphatic heterocycles. The summed E-state index contributed by atoms with van der Waals surface area (Å²) in [7, 11) is -0.811. The first-order chi connectivity index (χ1) is 14.2. The number of thioether (sulfide) groups is 1. The van der Waals surface area contributed by atoms with Gasteiger partial charge in [0.2, 0.25) is 15.9 Å². The van der Waals surface area contributed by atoms with Crippen molar-refractivity contribution in [1.29, 1.82) is 0 Å². The standard InChI is InChI=1S/C20H25ClN2O5S2/c1-27-16-7-10-19(28-2)18(13-16)23(30(3,25)26)14-20(24)22-11-4-12-29-17-8-5-15(21)6-9-17/h5-10,13H,4,11-12,14H2,1-3H3,(H,22,24). The van der Waals surface area contributed by atoms with Crippen LogP contribution in [-0.2, 0) is 14.8 Å². The maximum Gasteiger partial charge on any atom is 0.240 e. The second kappa shape index (κ2) is 11.3. The predicted molar refractivity (Wildman–Crippen MR) is 122 cm³/mol. The molecule has 10 heteroatoms. The summed E-state index contributed by atoms with van der Waals surface area (Å²) in [4.78, 5) is 13.5. The summed E-state index contributed by atoms with van der Waals surface area (Å²) < 4.78 is 36.1. The van der Waals surface area contributed by atoms with Gasteiger partial charge in [0, 0.05) is 22.5 Å². The van der Waals surface area contributed by atoms with E-state index in [1.807, 2.05) is 24.3 Å². The third-order valence-electron chi connectivity index (χ3n) is 4.07. The molecule has 0 saturated carbocycles. The van der Waals surface area contributed by atoms with E-state index in [9.17, 15) is 13.2 Å². The Morgan fingerprint density at radius 2 is 1.83 bits per heavy atom. The van der Waals surface area contributed by atoms with Crippen LogP contribution in [0, 0.1) is 0 Å². The van der Waals surface area contributed by atoms with Gasteiger partial charge in [0.05, 0.1) is 26.2 Å². The van der Waals surface area contributed by atoms with Crippen molar-refractivity contribution in [2.24, 2.45) is 0 Å². The first kappa shape index (κ1) is 24.2. The number of nitrogens with zero attached hydrogens (tertiary/aromatic N) is 1. The highest BCUT2D eigenvalue weighted by Crippen LogP contribution is 2.33. The number of hydrogen-bond acceptors (Lipinski definition) is 6. The second-order valence-electron chi connectivity index (χ2n) is 6.31. The van der Waals surface area contributed by atoms with Crippen LogP contribution >= 0.6 is 23.4 Å². The highest BCUT2D eigenvalue weighted by atomic mass is 35.5. The van der Waals surface area contributed by atoms with Crippen molar-refractivity contribution in [3.05, 3.63) is 47.5 Å². The molecule has 1 amide bonds. The number of ether oxygens (including phenoxy) is 2. The van der Waals surface area contributed by atoms with Crippen LogP contribution in [-0.4, -0.2) is 53.6 Å². The SMILES string of the molecule is COc1ccc(OC)c(N(CC(=O)NCCCSc2ccc(Cl)cc2)S(C)(=O)=O)c1. The molecule has 2 aromatic carbocycles. The van der Waals surface area contributed by atoms with Gasteiger partial charge in [-0.3, -0.25) is 9.10 Å². The lowest BCUT2D eigenvalue weighted by Gasteiger charge is -2.24. The maximum atomic E-state index is 12.4. The molecule has 0 heterocycles. The van der Waals surface area contributed by atoms with E-state index < -0.39 is 15.9 Å². The monoisotopic (exact) mass is 472 g/mol. The molecule has 0 aliphatic rings. The minimum Gasteiger partial charge on any atom is -0.497 e. The van der Waals surface area contributed by atoms with E-state index in [1.165, 1.54) is 20.3 Å². The minimum atomic E-state index is -3.72. The zero-order valence-corrected chi connectivity index (χ0v) is 19.4. The molecule has 2 aromatic rings. The quantitative estimate of drug-likeness (QED) is 0.398. The Kier molecular flexibility index (Phi) is 9.13. The molecule has 0 radical (unpaired) electrons. The fourth-order valence-electron chi connectivity index (χ4n) is 2.58. The third kappa shape index (κ3) is 7.30. The number of carbonyl (C=O) groups is 1. The number of hydrogen-bond donors (Lipinski definition) is 1. The molecule has 0 fully saturated rings. The van der Waals surface area contributed by atoms with Crippen molar-refractivity contribution in [2.45, 2.75) is 11.3 Å². The van der Waals surface area contributed by atoms with Crippen molar-refractivity contribution in [3.63, 3.8) is 0 Å². The number of rotatable bonds is 11. The molecular formula is C20H25ClN2O5S2. The molecular weight excluding hydrogens is 448 g/mol. The molecule has 0 aliphatic carbocycles. The van der Waals surface area contributed by atoms with Gasteiger partial charge in [-0.1, -0.05) is 11.6 Å². The van der Waals surface area contributed by atoms with Crippen LogP contribution in [0.3, 0.4) is 0 Å². The molecule has 0 spiro atoms. The molecule has 164 valence electrons. The van der Waals surface area contributed by atoms with Gasteiger partial charge >= 0.3 is 0 Å². The highest BCUT2D eigenvalue weighted by molar-refractivity contribution is 7.99. The summed E-state index contributed by atoms with van der Waals surface area (Å²) in [6.45, 7) is 0.0823. The molecule has 1 N–H and O–H groups in total. The Bertz CT molecular complexity index is 952. The first-order valence-corrected chi connectivity index (χ1v) is 12.3. The van der Waals surface area contributed by atoms with Crippen LogP contribution in [0.4, 0.5) is 5.69 Å². The Labute approximate surface area is 186 Å². The van der Waals surface area contributed by atoms with Gasteiger partial charge in [0.15, 0.2) is 0 Å². The van der Waals surface area contributed by atoms with Gasteiger partial charge in [-0.05, 0) is 48.6 Å². The maximum absolute atomic E-state index is 12.4. The summed E-state index contributed by atoms with van der Waals surface area (Å²) >= 11 is 7.52. The largest absolute Gasteiger partial charge is 0.497 e. The summed E-state index contributed by atoms with van der Waals surface area (Å²) in [6, 6.07) is 12.3. The molecule has 0 aromatic heterocycles. The van der Waals surface area contributed by atoms with Crippen LogP contribution < -0.4 is 19.1 Å². The fraction of sp³-hybridized carbons (Fsp3) is 0.350. The van der Waals surface area contributed by atoms with Gasteiger partial charge in [0.1, 0.15) is 18.0 Å². The van der Waals surface area contributed by atoms with Crippen LogP contribution in [0.25, 0.3) is 0 Å². The van der Waals surface area contributed by atoms with Gasteiger partial charge in [-0.15, -0.1) is 11.8 Å². The van der Waals surface area contributed by atoms with Gasteiger partial charge in [-0.2, -0.15) is 0 Å². The van der Waals surface area contributed by atoms with E-state index in [1.54, 1.807) is 23.9 Å². The van der Waals surface area contributed by atoms with E-state index in [0.29, 0.717) is 23.1 Å².